The quantitative estimate of drug-likeness (QED) is 0.680. The van der Waals surface area contributed by atoms with Crippen LogP contribution in [0.15, 0.2) is 18.2 Å². The van der Waals surface area contributed by atoms with Gasteiger partial charge in [0.1, 0.15) is 5.82 Å². The first-order valence-corrected chi connectivity index (χ1v) is 7.70. The van der Waals surface area contributed by atoms with Crippen LogP contribution in [0, 0.1) is 18.2 Å². The standard InChI is InChI=1S/C17H24FN3O3/c1-11-5-6-12(9-13(11)18)15(23)20-8-7-19-14(22)10-21-16(24)17(2,3)4/h5-6,9H,7-8,10H2,1-4H3,(H,19,22)(H,20,23)(H,21,24). The predicted octanol–water partition coefficient (Wildman–Crippen LogP) is 1.14. The largest absolute Gasteiger partial charge is 0.353 e. The maximum absolute atomic E-state index is 13.4. The van der Waals surface area contributed by atoms with E-state index in [0.29, 0.717) is 5.56 Å². The van der Waals surface area contributed by atoms with Crippen LogP contribution in [0.4, 0.5) is 4.39 Å². The molecule has 1 aromatic carbocycles. The van der Waals surface area contributed by atoms with Crippen LogP contribution in [0.25, 0.3) is 0 Å². The number of nitrogens with one attached hydrogen (secondary N) is 3. The zero-order valence-electron chi connectivity index (χ0n) is 14.5. The van der Waals surface area contributed by atoms with Crippen LogP contribution in [-0.4, -0.2) is 37.4 Å². The van der Waals surface area contributed by atoms with Crippen LogP contribution >= 0.6 is 0 Å². The van der Waals surface area contributed by atoms with E-state index in [-0.39, 0.29) is 37.0 Å². The molecule has 0 bridgehead atoms. The lowest BCUT2D eigenvalue weighted by Crippen LogP contribution is -2.43. The summed E-state index contributed by atoms with van der Waals surface area (Å²) in [6.45, 7) is 7.17. The molecule has 7 heteroatoms. The first kappa shape index (κ1) is 19.6. The van der Waals surface area contributed by atoms with Crippen molar-refractivity contribution in [3.63, 3.8) is 0 Å². The van der Waals surface area contributed by atoms with Crippen LogP contribution in [-0.2, 0) is 9.59 Å². The highest BCUT2D eigenvalue weighted by Gasteiger charge is 2.21. The van der Waals surface area contributed by atoms with Crippen molar-refractivity contribution in [2.75, 3.05) is 19.6 Å². The number of aryl methyl sites for hydroxylation is 1. The second-order valence-corrected chi connectivity index (χ2v) is 6.50. The van der Waals surface area contributed by atoms with E-state index >= 15 is 0 Å². The van der Waals surface area contributed by atoms with Gasteiger partial charge in [0.15, 0.2) is 0 Å². The Hall–Kier alpha value is -2.44. The average Bonchev–Trinajstić information content (AvgIpc) is 2.50. The number of hydrogen-bond donors (Lipinski definition) is 3. The molecule has 0 aliphatic rings. The first-order chi connectivity index (χ1) is 11.1. The molecular formula is C17H24FN3O3. The second kappa shape index (κ2) is 8.42. The van der Waals surface area contributed by atoms with Crippen molar-refractivity contribution in [2.24, 2.45) is 5.41 Å². The number of carbonyl (C=O) groups excluding carboxylic acids is 3. The van der Waals surface area contributed by atoms with Gasteiger partial charge in [-0.15, -0.1) is 0 Å². The molecule has 0 aromatic heterocycles. The van der Waals surface area contributed by atoms with Crippen LogP contribution in [0.5, 0.6) is 0 Å². The molecule has 0 saturated heterocycles. The summed E-state index contributed by atoms with van der Waals surface area (Å²) in [4.78, 5) is 35.0. The fraction of sp³-hybridized carbons (Fsp3) is 0.471. The van der Waals surface area contributed by atoms with E-state index in [1.165, 1.54) is 18.2 Å². The SMILES string of the molecule is Cc1ccc(C(=O)NCCNC(=O)CNC(=O)C(C)(C)C)cc1F. The van der Waals surface area contributed by atoms with Gasteiger partial charge in [0.25, 0.3) is 5.91 Å². The normalized spacial score (nSPS) is 10.9. The highest BCUT2D eigenvalue weighted by atomic mass is 19.1. The Labute approximate surface area is 141 Å². The Kier molecular flexibility index (Phi) is 6.88. The lowest BCUT2D eigenvalue weighted by Gasteiger charge is -2.17. The Morgan fingerprint density at radius 2 is 1.67 bits per heavy atom. The molecular weight excluding hydrogens is 313 g/mol. The van der Waals surface area contributed by atoms with Gasteiger partial charge in [0.2, 0.25) is 11.8 Å². The van der Waals surface area contributed by atoms with Crippen molar-refractivity contribution in [2.45, 2.75) is 27.7 Å². The maximum atomic E-state index is 13.4. The third-order valence-corrected chi connectivity index (χ3v) is 3.26. The molecule has 24 heavy (non-hydrogen) atoms. The summed E-state index contributed by atoms with van der Waals surface area (Å²) in [7, 11) is 0. The molecule has 0 radical (unpaired) electrons. The Morgan fingerprint density at radius 1 is 1.04 bits per heavy atom. The Bertz CT molecular complexity index is 624. The van der Waals surface area contributed by atoms with E-state index < -0.39 is 17.1 Å². The first-order valence-electron chi connectivity index (χ1n) is 7.70. The smallest absolute Gasteiger partial charge is 0.251 e. The van der Waals surface area contributed by atoms with Crippen LogP contribution in [0.3, 0.4) is 0 Å². The van der Waals surface area contributed by atoms with E-state index in [1.54, 1.807) is 27.7 Å². The summed E-state index contributed by atoms with van der Waals surface area (Å²) >= 11 is 0. The van der Waals surface area contributed by atoms with Gasteiger partial charge >= 0.3 is 0 Å². The summed E-state index contributed by atoms with van der Waals surface area (Å²) < 4.78 is 13.4. The number of benzene rings is 1. The van der Waals surface area contributed by atoms with Gasteiger partial charge in [-0.3, -0.25) is 14.4 Å². The fourth-order valence-electron chi connectivity index (χ4n) is 1.70. The van der Waals surface area contributed by atoms with Gasteiger partial charge in [0.05, 0.1) is 6.54 Å². The molecule has 0 spiro atoms. The lowest BCUT2D eigenvalue weighted by molar-refractivity contribution is -0.131. The number of halogens is 1. The molecule has 1 rings (SSSR count). The molecule has 1 aromatic rings. The minimum absolute atomic E-state index is 0.118. The van der Waals surface area contributed by atoms with Crippen molar-refractivity contribution in [3.05, 3.63) is 35.1 Å². The zero-order chi connectivity index (χ0) is 18.3. The van der Waals surface area contributed by atoms with Crippen LogP contribution in [0.1, 0.15) is 36.7 Å². The van der Waals surface area contributed by atoms with Gasteiger partial charge in [-0.1, -0.05) is 26.8 Å². The molecule has 0 atom stereocenters. The maximum Gasteiger partial charge on any atom is 0.251 e. The number of hydrogen-bond acceptors (Lipinski definition) is 3. The van der Waals surface area contributed by atoms with E-state index in [9.17, 15) is 18.8 Å². The third-order valence-electron chi connectivity index (χ3n) is 3.26. The van der Waals surface area contributed by atoms with Gasteiger partial charge < -0.3 is 16.0 Å². The van der Waals surface area contributed by atoms with Crippen molar-refractivity contribution >= 4 is 17.7 Å². The summed E-state index contributed by atoms with van der Waals surface area (Å²) in [6.07, 6.45) is 0. The van der Waals surface area contributed by atoms with Gasteiger partial charge in [-0.2, -0.15) is 0 Å². The predicted molar refractivity (Wildman–Crippen MR) is 88.9 cm³/mol. The highest BCUT2D eigenvalue weighted by Crippen LogP contribution is 2.11. The molecule has 0 saturated carbocycles. The third kappa shape index (κ3) is 6.36. The minimum atomic E-state index is -0.558. The van der Waals surface area contributed by atoms with E-state index in [1.807, 2.05) is 0 Å². The molecule has 0 unspecified atom stereocenters. The molecule has 3 N–H and O–H groups in total. The van der Waals surface area contributed by atoms with Crippen molar-refractivity contribution in [1.82, 2.24) is 16.0 Å². The number of amides is 3. The topological polar surface area (TPSA) is 87.3 Å². The number of rotatable bonds is 6. The molecule has 0 heterocycles. The Balaban J connectivity index is 2.28. The van der Waals surface area contributed by atoms with Crippen molar-refractivity contribution in [3.8, 4) is 0 Å². The molecule has 132 valence electrons. The van der Waals surface area contributed by atoms with E-state index in [0.717, 1.165) is 0 Å². The van der Waals surface area contributed by atoms with E-state index in [2.05, 4.69) is 16.0 Å². The molecule has 3 amide bonds. The molecule has 0 aliphatic carbocycles. The lowest BCUT2D eigenvalue weighted by atomic mass is 9.96. The molecule has 6 nitrogen and oxygen atoms in total. The fourth-order valence-corrected chi connectivity index (χ4v) is 1.70. The van der Waals surface area contributed by atoms with Gasteiger partial charge in [0, 0.05) is 24.1 Å². The average molecular weight is 337 g/mol. The highest BCUT2D eigenvalue weighted by molar-refractivity contribution is 5.94. The second-order valence-electron chi connectivity index (χ2n) is 6.50. The van der Waals surface area contributed by atoms with Crippen molar-refractivity contribution < 1.29 is 18.8 Å². The molecule has 0 fully saturated rings. The summed E-state index contributed by atoms with van der Waals surface area (Å²) in [5.74, 6) is -1.41. The van der Waals surface area contributed by atoms with E-state index in [4.69, 9.17) is 0 Å². The summed E-state index contributed by atoms with van der Waals surface area (Å²) in [5, 5.41) is 7.69. The monoisotopic (exact) mass is 337 g/mol. The van der Waals surface area contributed by atoms with Crippen molar-refractivity contribution in [1.29, 1.82) is 0 Å². The Morgan fingerprint density at radius 3 is 2.25 bits per heavy atom. The van der Waals surface area contributed by atoms with Gasteiger partial charge in [-0.05, 0) is 24.6 Å². The van der Waals surface area contributed by atoms with Gasteiger partial charge in [-0.25, -0.2) is 4.39 Å². The zero-order valence-corrected chi connectivity index (χ0v) is 14.5. The summed E-state index contributed by atoms with van der Waals surface area (Å²) in [5.41, 5.74) is 0.135. The summed E-state index contributed by atoms with van der Waals surface area (Å²) in [6, 6.07) is 4.24. The van der Waals surface area contributed by atoms with Crippen LogP contribution < -0.4 is 16.0 Å². The van der Waals surface area contributed by atoms with Crippen LogP contribution in [0.2, 0.25) is 0 Å². The minimum Gasteiger partial charge on any atom is -0.353 e. The molecule has 0 aliphatic heterocycles. The number of carbonyl (C=O) groups is 3.